The minimum atomic E-state index is -0.704. The summed E-state index contributed by atoms with van der Waals surface area (Å²) in [5, 5.41) is 5.39. The predicted molar refractivity (Wildman–Crippen MR) is 110 cm³/mol. The van der Waals surface area contributed by atoms with Gasteiger partial charge in [-0.2, -0.15) is 0 Å². The number of rotatable bonds is 7. The van der Waals surface area contributed by atoms with Crippen LogP contribution in [0.3, 0.4) is 0 Å². The fourth-order valence-electron chi connectivity index (χ4n) is 3.69. The van der Waals surface area contributed by atoms with Crippen molar-refractivity contribution < 1.29 is 23.9 Å². The summed E-state index contributed by atoms with van der Waals surface area (Å²) >= 11 is 0. The van der Waals surface area contributed by atoms with Gasteiger partial charge in [-0.05, 0) is 36.6 Å². The highest BCUT2D eigenvalue weighted by Crippen LogP contribution is 2.41. The Morgan fingerprint density at radius 2 is 1.87 bits per heavy atom. The van der Waals surface area contributed by atoms with Gasteiger partial charge < -0.3 is 25.0 Å². The summed E-state index contributed by atoms with van der Waals surface area (Å²) in [5.74, 6) is 0.159. The predicted octanol–water partition coefficient (Wildman–Crippen LogP) is 2.12. The van der Waals surface area contributed by atoms with Crippen LogP contribution in [0.4, 0.5) is 5.69 Å². The van der Waals surface area contributed by atoms with E-state index in [1.807, 2.05) is 6.07 Å². The van der Waals surface area contributed by atoms with Crippen LogP contribution in [0.1, 0.15) is 34.8 Å². The number of methoxy groups -OCH3 is 2. The molecule has 0 spiro atoms. The van der Waals surface area contributed by atoms with Crippen molar-refractivity contribution in [2.45, 2.75) is 24.9 Å². The molecule has 0 saturated heterocycles. The molecule has 0 radical (unpaired) electrons. The van der Waals surface area contributed by atoms with Crippen molar-refractivity contribution in [1.82, 2.24) is 10.2 Å². The average Bonchev–Trinajstić information content (AvgIpc) is 3.56. The quantitative estimate of drug-likeness (QED) is 0.730. The zero-order valence-corrected chi connectivity index (χ0v) is 16.8. The molecule has 1 aliphatic carbocycles. The van der Waals surface area contributed by atoms with Crippen molar-refractivity contribution in [3.8, 4) is 11.5 Å². The molecule has 1 unspecified atom stereocenters. The summed E-state index contributed by atoms with van der Waals surface area (Å²) in [6, 6.07) is 11.5. The second kappa shape index (κ2) is 8.06. The van der Waals surface area contributed by atoms with Crippen LogP contribution in [-0.2, 0) is 9.59 Å². The first-order valence-corrected chi connectivity index (χ1v) is 9.74. The number of amides is 3. The zero-order chi connectivity index (χ0) is 21.3. The van der Waals surface area contributed by atoms with Gasteiger partial charge in [0.15, 0.2) is 0 Å². The second-order valence-electron chi connectivity index (χ2n) is 7.27. The van der Waals surface area contributed by atoms with Gasteiger partial charge in [-0.25, -0.2) is 0 Å². The maximum atomic E-state index is 12.9. The molecular weight excluding hydrogens is 386 g/mol. The molecule has 2 aromatic carbocycles. The van der Waals surface area contributed by atoms with E-state index >= 15 is 0 Å². The van der Waals surface area contributed by atoms with Crippen molar-refractivity contribution in [3.05, 3.63) is 53.6 Å². The number of hydrogen-bond acceptors (Lipinski definition) is 5. The minimum Gasteiger partial charge on any atom is -0.497 e. The molecule has 2 N–H and O–H groups in total. The molecule has 8 nitrogen and oxygen atoms in total. The molecule has 4 rings (SSSR count). The Balaban J connectivity index is 1.43. The monoisotopic (exact) mass is 409 g/mol. The Morgan fingerprint density at radius 1 is 1.10 bits per heavy atom. The zero-order valence-electron chi connectivity index (χ0n) is 16.8. The van der Waals surface area contributed by atoms with E-state index in [-0.39, 0.29) is 24.4 Å². The Labute approximate surface area is 174 Å². The van der Waals surface area contributed by atoms with Gasteiger partial charge >= 0.3 is 0 Å². The molecule has 2 aromatic rings. The van der Waals surface area contributed by atoms with Crippen LogP contribution in [0.25, 0.3) is 0 Å². The van der Waals surface area contributed by atoms with Gasteiger partial charge in [-0.3, -0.25) is 14.4 Å². The first-order valence-electron chi connectivity index (χ1n) is 9.74. The molecule has 156 valence electrons. The van der Waals surface area contributed by atoms with Crippen LogP contribution in [0.15, 0.2) is 42.5 Å². The SMILES string of the molecule is COc1ccc(NC(=O)CNC(=O)C2c3ccccc3C(=O)N2C2CC2)c(OC)c1. The lowest BCUT2D eigenvalue weighted by molar-refractivity contribution is -0.127. The van der Waals surface area contributed by atoms with Crippen LogP contribution in [0.5, 0.6) is 11.5 Å². The number of hydrogen-bond donors (Lipinski definition) is 2. The van der Waals surface area contributed by atoms with Gasteiger partial charge in [0.1, 0.15) is 17.5 Å². The molecule has 2 aliphatic rings. The van der Waals surface area contributed by atoms with Gasteiger partial charge in [0.25, 0.3) is 5.91 Å². The number of carbonyl (C=O) groups is 3. The van der Waals surface area contributed by atoms with Gasteiger partial charge in [-0.1, -0.05) is 18.2 Å². The summed E-state index contributed by atoms with van der Waals surface area (Å²) in [6.07, 6.45) is 1.78. The van der Waals surface area contributed by atoms with Gasteiger partial charge in [0, 0.05) is 17.7 Å². The normalized spacial score (nSPS) is 17.3. The second-order valence-corrected chi connectivity index (χ2v) is 7.27. The highest BCUT2D eigenvalue weighted by atomic mass is 16.5. The Morgan fingerprint density at radius 3 is 2.57 bits per heavy atom. The van der Waals surface area contributed by atoms with Gasteiger partial charge in [0.2, 0.25) is 11.8 Å². The van der Waals surface area contributed by atoms with Crippen molar-refractivity contribution in [2.24, 2.45) is 0 Å². The van der Waals surface area contributed by atoms with E-state index in [9.17, 15) is 14.4 Å². The fourth-order valence-corrected chi connectivity index (χ4v) is 3.69. The van der Waals surface area contributed by atoms with E-state index in [2.05, 4.69) is 10.6 Å². The Bertz CT molecular complexity index is 1000. The molecule has 8 heteroatoms. The van der Waals surface area contributed by atoms with Crippen molar-refractivity contribution in [1.29, 1.82) is 0 Å². The van der Waals surface area contributed by atoms with E-state index in [4.69, 9.17) is 9.47 Å². The Hall–Kier alpha value is -3.55. The maximum Gasteiger partial charge on any atom is 0.255 e. The first-order chi connectivity index (χ1) is 14.5. The van der Waals surface area contributed by atoms with Crippen LogP contribution < -0.4 is 20.1 Å². The van der Waals surface area contributed by atoms with E-state index in [1.165, 1.54) is 7.11 Å². The number of nitrogens with one attached hydrogen (secondary N) is 2. The first kappa shape index (κ1) is 19.8. The lowest BCUT2D eigenvalue weighted by Gasteiger charge is -2.24. The lowest BCUT2D eigenvalue weighted by Crippen LogP contribution is -2.42. The molecule has 30 heavy (non-hydrogen) atoms. The summed E-state index contributed by atoms with van der Waals surface area (Å²) in [5.41, 5.74) is 1.71. The maximum absolute atomic E-state index is 12.9. The molecule has 3 amide bonds. The third-order valence-corrected chi connectivity index (χ3v) is 5.29. The molecule has 1 fully saturated rings. The van der Waals surface area contributed by atoms with Crippen LogP contribution in [0, 0.1) is 0 Å². The van der Waals surface area contributed by atoms with Gasteiger partial charge in [-0.15, -0.1) is 0 Å². The minimum absolute atomic E-state index is 0.0815. The fraction of sp³-hybridized carbons (Fsp3) is 0.318. The van der Waals surface area contributed by atoms with Crippen molar-refractivity contribution in [3.63, 3.8) is 0 Å². The topological polar surface area (TPSA) is 97.0 Å². The van der Waals surface area contributed by atoms with Crippen molar-refractivity contribution in [2.75, 3.05) is 26.1 Å². The summed E-state index contributed by atoms with van der Waals surface area (Å²) in [6.45, 7) is -0.223. The van der Waals surface area contributed by atoms with Crippen molar-refractivity contribution >= 4 is 23.4 Å². The summed E-state index contributed by atoms with van der Waals surface area (Å²) in [4.78, 5) is 39.7. The van der Waals surface area contributed by atoms with Crippen LogP contribution in [0.2, 0.25) is 0 Å². The third-order valence-electron chi connectivity index (χ3n) is 5.29. The van der Waals surface area contributed by atoms with E-state index in [0.717, 1.165) is 12.8 Å². The number of ether oxygens (including phenoxy) is 2. The number of benzene rings is 2. The summed E-state index contributed by atoms with van der Waals surface area (Å²) in [7, 11) is 3.03. The number of anilines is 1. The average molecular weight is 409 g/mol. The molecule has 1 heterocycles. The lowest BCUT2D eigenvalue weighted by atomic mass is 10.0. The standard InChI is InChI=1S/C22H23N3O5/c1-29-14-9-10-17(18(11-14)30-2)24-19(26)12-23-21(27)20-15-5-3-4-6-16(15)22(28)25(20)13-7-8-13/h3-6,9-11,13,20H,7-8,12H2,1-2H3,(H,23,27)(H,24,26). The van der Waals surface area contributed by atoms with Gasteiger partial charge in [0.05, 0.1) is 26.5 Å². The molecule has 1 atom stereocenters. The highest BCUT2D eigenvalue weighted by Gasteiger charge is 2.47. The molecule has 0 bridgehead atoms. The third kappa shape index (κ3) is 3.68. The molecular formula is C22H23N3O5. The number of fused-ring (bicyclic) bond motifs is 1. The molecule has 1 aliphatic heterocycles. The highest BCUT2D eigenvalue weighted by molar-refractivity contribution is 6.05. The van der Waals surface area contributed by atoms with E-state index in [0.29, 0.717) is 28.3 Å². The van der Waals surface area contributed by atoms with E-state index in [1.54, 1.807) is 48.4 Å². The van der Waals surface area contributed by atoms with Crippen LogP contribution >= 0.6 is 0 Å². The molecule has 0 aromatic heterocycles. The summed E-state index contributed by atoms with van der Waals surface area (Å²) < 4.78 is 10.4. The van der Waals surface area contributed by atoms with E-state index < -0.39 is 11.9 Å². The smallest absolute Gasteiger partial charge is 0.255 e. The number of nitrogens with zero attached hydrogens (tertiary/aromatic N) is 1. The molecule has 1 saturated carbocycles. The largest absolute Gasteiger partial charge is 0.497 e. The number of carbonyl (C=O) groups excluding carboxylic acids is 3. The Kier molecular flexibility index (Phi) is 5.31. The van der Waals surface area contributed by atoms with Crippen LogP contribution in [-0.4, -0.2) is 49.4 Å².